The molecule has 0 radical (unpaired) electrons. The molecule has 0 unspecified atom stereocenters. The van der Waals surface area contributed by atoms with Gasteiger partial charge in [0.15, 0.2) is 10.8 Å². The molecule has 0 aliphatic heterocycles. The molecule has 1 aromatic carbocycles. The molecule has 22 heavy (non-hydrogen) atoms. The summed E-state index contributed by atoms with van der Waals surface area (Å²) in [5, 5.41) is 0.220. The Kier molecular flexibility index (Phi) is 3.61. The number of hydrogen-bond acceptors (Lipinski definition) is 4. The number of imidazole rings is 1. The third-order valence-corrected chi connectivity index (χ3v) is 3.12. The molecule has 0 amide bonds. The van der Waals surface area contributed by atoms with Gasteiger partial charge >= 0.3 is 6.36 Å². The summed E-state index contributed by atoms with van der Waals surface area (Å²) in [5.41, 5.74) is 1.55. The predicted octanol–water partition coefficient (Wildman–Crippen LogP) is 3.43. The molecular formula is C13H8ClF3N4O. The Bertz CT molecular complexity index is 818. The van der Waals surface area contributed by atoms with E-state index >= 15 is 0 Å². The first-order chi connectivity index (χ1) is 10.4. The minimum Gasteiger partial charge on any atom is -0.406 e. The van der Waals surface area contributed by atoms with Crippen LogP contribution < -0.4 is 4.74 Å². The van der Waals surface area contributed by atoms with Gasteiger partial charge in [0.2, 0.25) is 0 Å². The minimum absolute atomic E-state index is 0.220. The molecule has 0 saturated heterocycles. The van der Waals surface area contributed by atoms with E-state index in [2.05, 4.69) is 19.7 Å². The van der Waals surface area contributed by atoms with Crippen LogP contribution in [0.25, 0.3) is 11.2 Å². The molecule has 0 atom stereocenters. The van der Waals surface area contributed by atoms with Crippen molar-refractivity contribution in [1.82, 2.24) is 19.5 Å². The van der Waals surface area contributed by atoms with Gasteiger partial charge in [0.25, 0.3) is 0 Å². The molecular weight excluding hydrogens is 321 g/mol. The van der Waals surface area contributed by atoms with Crippen molar-refractivity contribution in [2.75, 3.05) is 0 Å². The highest BCUT2D eigenvalue weighted by Crippen LogP contribution is 2.24. The maximum Gasteiger partial charge on any atom is 0.573 e. The summed E-state index contributed by atoms with van der Waals surface area (Å²) in [4.78, 5) is 12.0. The fraction of sp³-hybridized carbons (Fsp3) is 0.154. The summed E-state index contributed by atoms with van der Waals surface area (Å²) in [6, 6.07) is 5.71. The van der Waals surface area contributed by atoms with E-state index in [4.69, 9.17) is 11.6 Å². The van der Waals surface area contributed by atoms with E-state index in [1.807, 2.05) is 0 Å². The van der Waals surface area contributed by atoms with E-state index in [0.717, 1.165) is 0 Å². The second-order valence-electron chi connectivity index (χ2n) is 4.40. The van der Waals surface area contributed by atoms with E-state index in [0.29, 0.717) is 16.7 Å². The smallest absolute Gasteiger partial charge is 0.406 e. The number of fused-ring (bicyclic) bond motifs is 1. The zero-order chi connectivity index (χ0) is 15.7. The lowest BCUT2D eigenvalue weighted by Gasteiger charge is -2.10. The molecule has 2 aromatic heterocycles. The van der Waals surface area contributed by atoms with Crippen LogP contribution in [0, 0.1) is 0 Å². The van der Waals surface area contributed by atoms with Gasteiger partial charge in [0.1, 0.15) is 17.6 Å². The van der Waals surface area contributed by atoms with Gasteiger partial charge in [-0.3, -0.25) is 0 Å². The largest absolute Gasteiger partial charge is 0.573 e. The van der Waals surface area contributed by atoms with Crippen LogP contribution >= 0.6 is 11.6 Å². The van der Waals surface area contributed by atoms with Gasteiger partial charge in [-0.2, -0.15) is 0 Å². The highest BCUT2D eigenvalue weighted by Gasteiger charge is 2.31. The van der Waals surface area contributed by atoms with Gasteiger partial charge in [-0.15, -0.1) is 13.2 Å². The quantitative estimate of drug-likeness (QED) is 0.691. The first-order valence-corrected chi connectivity index (χ1v) is 6.46. The molecule has 3 aromatic rings. The molecule has 5 nitrogen and oxygen atoms in total. The number of benzene rings is 1. The third-order valence-electron chi connectivity index (χ3n) is 2.84. The van der Waals surface area contributed by atoms with Crippen molar-refractivity contribution in [3.05, 3.63) is 47.6 Å². The van der Waals surface area contributed by atoms with Crippen molar-refractivity contribution in [2.24, 2.45) is 0 Å². The molecule has 0 aliphatic rings. The van der Waals surface area contributed by atoms with Crippen molar-refractivity contribution in [2.45, 2.75) is 12.9 Å². The average molecular weight is 329 g/mol. The van der Waals surface area contributed by atoms with Crippen LogP contribution in [0.1, 0.15) is 5.56 Å². The Morgan fingerprint density at radius 1 is 1.18 bits per heavy atom. The summed E-state index contributed by atoms with van der Waals surface area (Å²) >= 11 is 5.90. The molecule has 0 fully saturated rings. The van der Waals surface area contributed by atoms with Gasteiger partial charge in [0.05, 0.1) is 12.9 Å². The molecule has 0 saturated carbocycles. The van der Waals surface area contributed by atoms with Crippen molar-refractivity contribution >= 4 is 22.8 Å². The Balaban J connectivity index is 1.89. The summed E-state index contributed by atoms with van der Waals surface area (Å²) in [5.74, 6) is -0.276. The number of nitrogens with zero attached hydrogens (tertiary/aromatic N) is 4. The maximum atomic E-state index is 12.2. The molecule has 0 bridgehead atoms. The molecule has 0 spiro atoms. The first kappa shape index (κ1) is 14.6. The van der Waals surface area contributed by atoms with E-state index in [-0.39, 0.29) is 17.4 Å². The van der Waals surface area contributed by atoms with Crippen LogP contribution in [-0.2, 0) is 6.54 Å². The normalized spacial score (nSPS) is 11.8. The highest BCUT2D eigenvalue weighted by atomic mass is 35.5. The molecule has 0 N–H and O–H groups in total. The topological polar surface area (TPSA) is 52.8 Å². The van der Waals surface area contributed by atoms with Crippen molar-refractivity contribution in [1.29, 1.82) is 0 Å². The third kappa shape index (κ3) is 3.11. The van der Waals surface area contributed by atoms with E-state index in [1.165, 1.54) is 30.9 Å². The summed E-state index contributed by atoms with van der Waals surface area (Å²) in [6.07, 6.45) is -1.92. The Hall–Kier alpha value is -2.35. The summed E-state index contributed by atoms with van der Waals surface area (Å²) < 4.78 is 42.3. The van der Waals surface area contributed by atoms with Crippen LogP contribution in [0.3, 0.4) is 0 Å². The fourth-order valence-corrected chi connectivity index (χ4v) is 2.18. The van der Waals surface area contributed by atoms with Crippen molar-refractivity contribution < 1.29 is 17.9 Å². The SMILES string of the molecule is FC(F)(F)Oc1cccc(Cn2cnc3c(Cl)ncnc32)c1. The zero-order valence-corrected chi connectivity index (χ0v) is 11.6. The average Bonchev–Trinajstić information content (AvgIpc) is 2.82. The number of alkyl halides is 3. The number of aromatic nitrogens is 4. The standard InChI is InChI=1S/C13H8ClF3N4O/c14-11-10-12(19-6-18-11)21(7-20-10)5-8-2-1-3-9(4-8)22-13(15,16)17/h1-4,6-7H,5H2. The second-order valence-corrected chi connectivity index (χ2v) is 4.76. The molecule has 114 valence electrons. The number of halogens is 4. The van der Waals surface area contributed by atoms with Gasteiger partial charge in [-0.25, -0.2) is 15.0 Å². The monoisotopic (exact) mass is 328 g/mol. The first-order valence-electron chi connectivity index (χ1n) is 6.08. The second kappa shape index (κ2) is 5.45. The van der Waals surface area contributed by atoms with Crippen molar-refractivity contribution in [3.8, 4) is 5.75 Å². The van der Waals surface area contributed by atoms with Gasteiger partial charge in [0, 0.05) is 0 Å². The molecule has 9 heteroatoms. The lowest BCUT2D eigenvalue weighted by atomic mass is 10.2. The lowest BCUT2D eigenvalue weighted by molar-refractivity contribution is -0.274. The summed E-state index contributed by atoms with van der Waals surface area (Å²) in [7, 11) is 0. The van der Waals surface area contributed by atoms with Gasteiger partial charge in [-0.05, 0) is 17.7 Å². The molecule has 3 rings (SSSR count). The van der Waals surface area contributed by atoms with E-state index in [9.17, 15) is 13.2 Å². The van der Waals surface area contributed by atoms with Gasteiger partial charge < -0.3 is 9.30 Å². The number of hydrogen-bond donors (Lipinski definition) is 0. The van der Waals surface area contributed by atoms with Crippen LogP contribution in [-0.4, -0.2) is 25.9 Å². The Morgan fingerprint density at radius 3 is 2.77 bits per heavy atom. The van der Waals surface area contributed by atoms with Crippen LogP contribution in [0.4, 0.5) is 13.2 Å². The fourth-order valence-electron chi connectivity index (χ4n) is 2.01. The maximum absolute atomic E-state index is 12.2. The van der Waals surface area contributed by atoms with Crippen LogP contribution in [0.15, 0.2) is 36.9 Å². The Morgan fingerprint density at radius 2 is 2.00 bits per heavy atom. The molecule has 2 heterocycles. The zero-order valence-electron chi connectivity index (χ0n) is 10.9. The summed E-state index contributed by atoms with van der Waals surface area (Å²) in [6.45, 7) is 0.277. The van der Waals surface area contributed by atoms with Crippen LogP contribution in [0.2, 0.25) is 5.15 Å². The van der Waals surface area contributed by atoms with E-state index < -0.39 is 6.36 Å². The Labute approximate surface area is 127 Å². The minimum atomic E-state index is -4.72. The number of rotatable bonds is 3. The van der Waals surface area contributed by atoms with Gasteiger partial charge in [-0.1, -0.05) is 23.7 Å². The molecule has 0 aliphatic carbocycles. The number of ether oxygens (including phenoxy) is 1. The van der Waals surface area contributed by atoms with Crippen molar-refractivity contribution in [3.63, 3.8) is 0 Å². The van der Waals surface area contributed by atoms with Crippen LogP contribution in [0.5, 0.6) is 5.75 Å². The predicted molar refractivity (Wildman–Crippen MR) is 72.6 cm³/mol. The van der Waals surface area contributed by atoms with E-state index in [1.54, 1.807) is 10.6 Å². The lowest BCUT2D eigenvalue weighted by Crippen LogP contribution is -2.17. The highest BCUT2D eigenvalue weighted by molar-refractivity contribution is 6.33.